The standard InChI is InChI=1S/C15H19BrFNO2/c16-11-5-6-13(17)12(9-11)14(10-15(19)20)18-7-3-1-2-4-8-18/h5-6,9,14H,1-4,7-8,10H2,(H,19,20). The summed E-state index contributed by atoms with van der Waals surface area (Å²) < 4.78 is 14.9. The lowest BCUT2D eigenvalue weighted by Gasteiger charge is -2.30. The number of likely N-dealkylation sites (tertiary alicyclic amines) is 1. The first-order valence-corrected chi connectivity index (χ1v) is 7.78. The van der Waals surface area contributed by atoms with Gasteiger partial charge in [0.2, 0.25) is 0 Å². The fourth-order valence-corrected chi connectivity index (χ4v) is 3.16. The van der Waals surface area contributed by atoms with Crippen LogP contribution in [0.4, 0.5) is 4.39 Å². The molecule has 20 heavy (non-hydrogen) atoms. The first-order valence-electron chi connectivity index (χ1n) is 6.98. The number of benzene rings is 1. The van der Waals surface area contributed by atoms with Gasteiger partial charge in [-0.05, 0) is 44.1 Å². The van der Waals surface area contributed by atoms with Crippen molar-refractivity contribution in [3.05, 3.63) is 34.1 Å². The average Bonchev–Trinajstić information content (AvgIpc) is 2.67. The second-order valence-electron chi connectivity index (χ2n) is 5.23. The van der Waals surface area contributed by atoms with Crippen molar-refractivity contribution in [2.75, 3.05) is 13.1 Å². The molecule has 1 aliphatic heterocycles. The lowest BCUT2D eigenvalue weighted by molar-refractivity contribution is -0.138. The molecular formula is C15H19BrFNO2. The van der Waals surface area contributed by atoms with Crippen molar-refractivity contribution >= 4 is 21.9 Å². The van der Waals surface area contributed by atoms with Crippen LogP contribution in [0.2, 0.25) is 0 Å². The Hall–Kier alpha value is -0.940. The van der Waals surface area contributed by atoms with Gasteiger partial charge in [-0.25, -0.2) is 4.39 Å². The summed E-state index contributed by atoms with van der Waals surface area (Å²) in [6, 6.07) is 4.35. The summed E-state index contributed by atoms with van der Waals surface area (Å²) in [4.78, 5) is 13.3. The molecule has 0 saturated carbocycles. The molecule has 1 aromatic carbocycles. The molecule has 1 fully saturated rings. The normalized spacial score (nSPS) is 18.5. The van der Waals surface area contributed by atoms with Crippen molar-refractivity contribution in [3.63, 3.8) is 0 Å². The summed E-state index contributed by atoms with van der Waals surface area (Å²) in [5, 5.41) is 9.15. The Bertz CT molecular complexity index is 473. The van der Waals surface area contributed by atoms with Crippen molar-refractivity contribution in [2.45, 2.75) is 38.1 Å². The SMILES string of the molecule is O=C(O)CC(c1cc(Br)ccc1F)N1CCCCCC1. The zero-order valence-electron chi connectivity index (χ0n) is 11.3. The van der Waals surface area contributed by atoms with E-state index in [9.17, 15) is 9.18 Å². The van der Waals surface area contributed by atoms with Gasteiger partial charge in [-0.2, -0.15) is 0 Å². The molecule has 2 rings (SSSR count). The second-order valence-corrected chi connectivity index (χ2v) is 6.15. The Morgan fingerprint density at radius 2 is 1.95 bits per heavy atom. The molecule has 1 aliphatic rings. The molecule has 3 nitrogen and oxygen atoms in total. The van der Waals surface area contributed by atoms with Gasteiger partial charge in [-0.3, -0.25) is 9.69 Å². The topological polar surface area (TPSA) is 40.5 Å². The number of carboxylic acid groups (broad SMARTS) is 1. The van der Waals surface area contributed by atoms with Gasteiger partial charge in [-0.15, -0.1) is 0 Å². The zero-order valence-corrected chi connectivity index (χ0v) is 12.9. The number of carboxylic acids is 1. The monoisotopic (exact) mass is 343 g/mol. The third-order valence-corrected chi connectivity index (χ3v) is 4.26. The number of hydrogen-bond donors (Lipinski definition) is 1. The quantitative estimate of drug-likeness (QED) is 0.898. The van der Waals surface area contributed by atoms with E-state index in [-0.39, 0.29) is 18.3 Å². The third kappa shape index (κ3) is 4.03. The highest BCUT2D eigenvalue weighted by molar-refractivity contribution is 9.10. The highest BCUT2D eigenvalue weighted by Gasteiger charge is 2.26. The van der Waals surface area contributed by atoms with Crippen LogP contribution in [0.25, 0.3) is 0 Å². The molecule has 0 aliphatic carbocycles. The summed E-state index contributed by atoms with van der Waals surface area (Å²) in [5.74, 6) is -1.22. The number of hydrogen-bond acceptors (Lipinski definition) is 2. The Balaban J connectivity index is 2.30. The molecule has 1 aromatic rings. The predicted octanol–water partition coefficient (Wildman–Crippen LogP) is 3.98. The van der Waals surface area contributed by atoms with E-state index >= 15 is 0 Å². The maximum atomic E-state index is 14.1. The Kier molecular flexibility index (Phi) is 5.54. The van der Waals surface area contributed by atoms with Crippen molar-refractivity contribution in [3.8, 4) is 0 Å². The lowest BCUT2D eigenvalue weighted by atomic mass is 10.0. The van der Waals surface area contributed by atoms with E-state index < -0.39 is 5.97 Å². The molecule has 5 heteroatoms. The minimum absolute atomic E-state index is 0.0621. The highest BCUT2D eigenvalue weighted by atomic mass is 79.9. The Labute approximate surface area is 126 Å². The van der Waals surface area contributed by atoms with E-state index in [1.165, 1.54) is 6.07 Å². The summed E-state index contributed by atoms with van der Waals surface area (Å²) in [6.07, 6.45) is 4.36. The van der Waals surface area contributed by atoms with E-state index in [4.69, 9.17) is 5.11 Å². The maximum Gasteiger partial charge on any atom is 0.305 e. The Morgan fingerprint density at radius 1 is 1.30 bits per heavy atom. The van der Waals surface area contributed by atoms with Crippen molar-refractivity contribution in [1.29, 1.82) is 0 Å². The molecule has 1 saturated heterocycles. The molecule has 1 heterocycles. The molecule has 1 N–H and O–H groups in total. The first kappa shape index (κ1) is 15.4. The summed E-state index contributed by atoms with van der Waals surface area (Å²) in [5.41, 5.74) is 0.476. The minimum Gasteiger partial charge on any atom is -0.481 e. The van der Waals surface area contributed by atoms with Crippen LogP contribution in [-0.2, 0) is 4.79 Å². The van der Waals surface area contributed by atoms with Crippen LogP contribution in [0.1, 0.15) is 43.7 Å². The molecule has 1 unspecified atom stereocenters. The van der Waals surface area contributed by atoms with Crippen LogP contribution in [0, 0.1) is 5.82 Å². The molecule has 0 aromatic heterocycles. The van der Waals surface area contributed by atoms with Gasteiger partial charge in [0.15, 0.2) is 0 Å². The van der Waals surface area contributed by atoms with Gasteiger partial charge in [0.25, 0.3) is 0 Å². The van der Waals surface area contributed by atoms with Gasteiger partial charge in [-0.1, -0.05) is 28.8 Å². The lowest BCUT2D eigenvalue weighted by Crippen LogP contribution is -2.32. The van der Waals surface area contributed by atoms with E-state index in [0.29, 0.717) is 5.56 Å². The van der Waals surface area contributed by atoms with Gasteiger partial charge in [0, 0.05) is 16.1 Å². The predicted molar refractivity (Wildman–Crippen MR) is 79.1 cm³/mol. The van der Waals surface area contributed by atoms with Crippen molar-refractivity contribution in [2.24, 2.45) is 0 Å². The van der Waals surface area contributed by atoms with Crippen LogP contribution >= 0.6 is 15.9 Å². The fourth-order valence-electron chi connectivity index (χ4n) is 2.78. The van der Waals surface area contributed by atoms with Crippen LogP contribution in [-0.4, -0.2) is 29.1 Å². The summed E-state index contributed by atoms with van der Waals surface area (Å²) in [7, 11) is 0. The van der Waals surface area contributed by atoms with Crippen LogP contribution < -0.4 is 0 Å². The van der Waals surface area contributed by atoms with E-state index in [0.717, 1.165) is 43.2 Å². The fraction of sp³-hybridized carbons (Fsp3) is 0.533. The second kappa shape index (κ2) is 7.18. The number of carbonyl (C=O) groups is 1. The third-order valence-electron chi connectivity index (χ3n) is 3.77. The van der Waals surface area contributed by atoms with E-state index in [2.05, 4.69) is 20.8 Å². The number of halogens is 2. The van der Waals surface area contributed by atoms with Gasteiger partial charge in [0.05, 0.1) is 6.42 Å². The molecular weight excluding hydrogens is 325 g/mol. The average molecular weight is 344 g/mol. The van der Waals surface area contributed by atoms with E-state index in [1.54, 1.807) is 12.1 Å². The van der Waals surface area contributed by atoms with Crippen LogP contribution in [0.3, 0.4) is 0 Å². The van der Waals surface area contributed by atoms with Crippen molar-refractivity contribution in [1.82, 2.24) is 4.90 Å². The van der Waals surface area contributed by atoms with E-state index in [1.807, 2.05) is 0 Å². The molecule has 110 valence electrons. The van der Waals surface area contributed by atoms with Gasteiger partial charge < -0.3 is 5.11 Å². The smallest absolute Gasteiger partial charge is 0.305 e. The summed E-state index contributed by atoms with van der Waals surface area (Å²) in [6.45, 7) is 1.67. The van der Waals surface area contributed by atoms with Crippen LogP contribution in [0.5, 0.6) is 0 Å². The zero-order chi connectivity index (χ0) is 14.5. The van der Waals surface area contributed by atoms with Crippen LogP contribution in [0.15, 0.2) is 22.7 Å². The van der Waals surface area contributed by atoms with Gasteiger partial charge >= 0.3 is 5.97 Å². The maximum absolute atomic E-state index is 14.1. The summed E-state index contributed by atoms with van der Waals surface area (Å²) >= 11 is 3.34. The molecule has 0 amide bonds. The number of rotatable bonds is 4. The first-order chi connectivity index (χ1) is 9.58. The molecule has 0 spiro atoms. The number of nitrogens with zero attached hydrogens (tertiary/aromatic N) is 1. The molecule has 0 bridgehead atoms. The minimum atomic E-state index is -0.890. The molecule has 1 atom stereocenters. The van der Waals surface area contributed by atoms with Crippen molar-refractivity contribution < 1.29 is 14.3 Å². The Morgan fingerprint density at radius 3 is 2.55 bits per heavy atom. The number of aliphatic carboxylic acids is 1. The largest absolute Gasteiger partial charge is 0.481 e. The molecule has 0 radical (unpaired) electrons. The highest BCUT2D eigenvalue weighted by Crippen LogP contribution is 2.30. The van der Waals surface area contributed by atoms with Gasteiger partial charge in [0.1, 0.15) is 5.82 Å².